The first-order valence-electron chi connectivity index (χ1n) is 7.85. The van der Waals surface area contributed by atoms with Gasteiger partial charge in [0, 0.05) is 12.3 Å². The predicted molar refractivity (Wildman–Crippen MR) is 77.6 cm³/mol. The second kappa shape index (κ2) is 4.70. The quantitative estimate of drug-likeness (QED) is 0.719. The van der Waals surface area contributed by atoms with E-state index >= 15 is 0 Å². The molecule has 1 saturated carbocycles. The summed E-state index contributed by atoms with van der Waals surface area (Å²) in [5, 5.41) is 0.448. The van der Waals surface area contributed by atoms with Gasteiger partial charge in [0.25, 0.3) is 0 Å². The average Bonchev–Trinajstić information content (AvgIpc) is 3.11. The minimum atomic E-state index is -0.419. The molecule has 0 amide bonds. The van der Waals surface area contributed by atoms with Crippen LogP contribution in [-0.2, 0) is 19.1 Å². The molecular weight excluding hydrogens is 290 g/mol. The molecule has 0 aromatic heterocycles. The Balaban J connectivity index is 1.73. The number of Topliss-reactive ketones (excluding diaryl/α,β-unsaturated/α-hetero) is 1. The Labute approximate surface area is 128 Å². The van der Waals surface area contributed by atoms with Crippen LogP contribution in [0.25, 0.3) is 0 Å². The first kappa shape index (κ1) is 14.0. The van der Waals surface area contributed by atoms with Gasteiger partial charge in [0.05, 0.1) is 23.8 Å². The van der Waals surface area contributed by atoms with E-state index in [4.69, 9.17) is 9.47 Å². The monoisotopic (exact) mass is 311 g/mol. The molecule has 4 aliphatic rings. The summed E-state index contributed by atoms with van der Waals surface area (Å²) in [6.07, 6.45) is 2.41. The van der Waals surface area contributed by atoms with Gasteiger partial charge >= 0.3 is 5.97 Å². The Morgan fingerprint density at radius 3 is 3.10 bits per heavy atom. The summed E-state index contributed by atoms with van der Waals surface area (Å²) in [6, 6.07) is -0.313. The lowest BCUT2D eigenvalue weighted by molar-refractivity contribution is -0.164. The average molecular weight is 311 g/mol. The Hall–Kier alpha value is -0.590. The molecule has 0 bridgehead atoms. The van der Waals surface area contributed by atoms with Gasteiger partial charge < -0.3 is 9.47 Å². The van der Waals surface area contributed by atoms with Crippen LogP contribution < -0.4 is 0 Å². The number of nitrogens with zero attached hydrogens (tertiary/aromatic N) is 1. The fourth-order valence-electron chi connectivity index (χ4n) is 4.69. The SMILES string of the molecule is CCOC(=O)[C@@H]1[C@H]2CCC(=O)[C@H]2[C@H]2SC3CCOC3(C)N21. The molecule has 1 aliphatic carbocycles. The van der Waals surface area contributed by atoms with Crippen molar-refractivity contribution in [2.45, 2.75) is 55.5 Å². The first-order valence-corrected chi connectivity index (χ1v) is 8.79. The molecule has 2 unspecified atom stereocenters. The van der Waals surface area contributed by atoms with Crippen molar-refractivity contribution in [3.8, 4) is 0 Å². The van der Waals surface area contributed by atoms with E-state index in [1.165, 1.54) is 0 Å². The van der Waals surface area contributed by atoms with Gasteiger partial charge in [-0.1, -0.05) is 0 Å². The zero-order valence-electron chi connectivity index (χ0n) is 12.4. The zero-order valence-corrected chi connectivity index (χ0v) is 13.2. The van der Waals surface area contributed by atoms with E-state index in [1.54, 1.807) is 0 Å². The summed E-state index contributed by atoms with van der Waals surface area (Å²) in [5.74, 6) is 0.229. The van der Waals surface area contributed by atoms with E-state index in [9.17, 15) is 9.59 Å². The van der Waals surface area contributed by atoms with Crippen LogP contribution in [0.1, 0.15) is 33.1 Å². The summed E-state index contributed by atoms with van der Waals surface area (Å²) >= 11 is 1.84. The lowest BCUT2D eigenvalue weighted by atomic mass is 9.93. The topological polar surface area (TPSA) is 55.8 Å². The molecule has 6 atom stereocenters. The van der Waals surface area contributed by atoms with Gasteiger partial charge in [-0.3, -0.25) is 9.59 Å². The molecule has 6 heteroatoms. The zero-order chi connectivity index (χ0) is 14.8. The maximum atomic E-state index is 12.5. The third-order valence-corrected chi connectivity index (χ3v) is 7.36. The summed E-state index contributed by atoms with van der Waals surface area (Å²) < 4.78 is 11.3. The van der Waals surface area contributed by atoms with Crippen LogP contribution in [-0.4, -0.2) is 52.3 Å². The van der Waals surface area contributed by atoms with Gasteiger partial charge in [-0.2, -0.15) is 0 Å². The summed E-state index contributed by atoms with van der Waals surface area (Å²) in [4.78, 5) is 27.0. The van der Waals surface area contributed by atoms with Crippen molar-refractivity contribution in [1.82, 2.24) is 4.90 Å². The van der Waals surface area contributed by atoms with Crippen molar-refractivity contribution in [2.75, 3.05) is 13.2 Å². The Bertz CT molecular complexity index is 498. The van der Waals surface area contributed by atoms with Crippen molar-refractivity contribution in [3.05, 3.63) is 0 Å². The smallest absolute Gasteiger partial charge is 0.323 e. The number of ketones is 1. The van der Waals surface area contributed by atoms with Crippen LogP contribution in [0.3, 0.4) is 0 Å². The minimum Gasteiger partial charge on any atom is -0.465 e. The van der Waals surface area contributed by atoms with Gasteiger partial charge in [0.2, 0.25) is 0 Å². The number of fused-ring (bicyclic) bond motifs is 5. The lowest BCUT2D eigenvalue weighted by Crippen LogP contribution is -2.54. The highest BCUT2D eigenvalue weighted by atomic mass is 32.2. The standard InChI is InChI=1S/C15H21NO4S/c1-3-19-14(18)12-8-4-5-9(17)11(8)13-16(12)15(2)10(21-13)6-7-20-15/h8,10-13H,3-7H2,1-2H3/t8-,10?,11-,12-,13+,15?/m0/s1. The van der Waals surface area contributed by atoms with Crippen molar-refractivity contribution in [1.29, 1.82) is 0 Å². The molecule has 21 heavy (non-hydrogen) atoms. The summed E-state index contributed by atoms with van der Waals surface area (Å²) in [7, 11) is 0. The summed E-state index contributed by atoms with van der Waals surface area (Å²) in [6.45, 7) is 5.02. The number of carbonyl (C=O) groups excluding carboxylic acids is 2. The highest BCUT2D eigenvalue weighted by Gasteiger charge is 2.69. The number of hydrogen-bond acceptors (Lipinski definition) is 6. The molecule has 4 fully saturated rings. The largest absolute Gasteiger partial charge is 0.465 e. The number of esters is 1. The lowest BCUT2D eigenvalue weighted by Gasteiger charge is -2.37. The second-order valence-corrected chi connectivity index (χ2v) is 7.83. The molecule has 4 rings (SSSR count). The summed E-state index contributed by atoms with van der Waals surface area (Å²) in [5.41, 5.74) is -0.419. The number of hydrogen-bond donors (Lipinski definition) is 0. The van der Waals surface area contributed by atoms with E-state index < -0.39 is 5.72 Å². The first-order chi connectivity index (χ1) is 10.1. The maximum absolute atomic E-state index is 12.5. The van der Waals surface area contributed by atoms with E-state index in [2.05, 4.69) is 11.8 Å². The van der Waals surface area contributed by atoms with Crippen LogP contribution in [0.15, 0.2) is 0 Å². The third-order valence-electron chi connectivity index (χ3n) is 5.56. The molecule has 116 valence electrons. The van der Waals surface area contributed by atoms with Gasteiger partial charge in [0.1, 0.15) is 17.6 Å². The normalized spacial score (nSPS) is 48.3. The minimum absolute atomic E-state index is 0.0181. The van der Waals surface area contributed by atoms with Crippen LogP contribution in [0.5, 0.6) is 0 Å². The Morgan fingerprint density at radius 2 is 2.33 bits per heavy atom. The van der Waals surface area contributed by atoms with Crippen LogP contribution >= 0.6 is 11.8 Å². The number of thioether (sulfide) groups is 1. The van der Waals surface area contributed by atoms with E-state index in [-0.39, 0.29) is 29.2 Å². The van der Waals surface area contributed by atoms with E-state index in [0.29, 0.717) is 24.1 Å². The molecule has 0 radical (unpaired) electrons. The molecular formula is C15H21NO4S. The fraction of sp³-hybridized carbons (Fsp3) is 0.867. The van der Waals surface area contributed by atoms with Crippen LogP contribution in [0.2, 0.25) is 0 Å². The van der Waals surface area contributed by atoms with Gasteiger partial charge in [-0.15, -0.1) is 11.8 Å². The molecule has 3 saturated heterocycles. The van der Waals surface area contributed by atoms with Gasteiger partial charge in [-0.05, 0) is 32.6 Å². The van der Waals surface area contributed by atoms with Crippen LogP contribution in [0.4, 0.5) is 0 Å². The van der Waals surface area contributed by atoms with Gasteiger partial charge in [0.15, 0.2) is 0 Å². The van der Waals surface area contributed by atoms with Gasteiger partial charge in [-0.25, -0.2) is 4.90 Å². The van der Waals surface area contributed by atoms with Crippen molar-refractivity contribution in [2.24, 2.45) is 11.8 Å². The highest BCUT2D eigenvalue weighted by molar-refractivity contribution is 8.00. The van der Waals surface area contributed by atoms with E-state index in [1.807, 2.05) is 18.7 Å². The molecule has 3 aliphatic heterocycles. The Kier molecular flexibility index (Phi) is 3.14. The second-order valence-electron chi connectivity index (χ2n) is 6.51. The van der Waals surface area contributed by atoms with Crippen molar-refractivity contribution >= 4 is 23.5 Å². The molecule has 0 aromatic carbocycles. The molecule has 0 N–H and O–H groups in total. The van der Waals surface area contributed by atoms with Crippen molar-refractivity contribution < 1.29 is 19.1 Å². The predicted octanol–water partition coefficient (Wildman–Crippen LogP) is 1.41. The molecule has 5 nitrogen and oxygen atoms in total. The number of carbonyl (C=O) groups is 2. The van der Waals surface area contributed by atoms with Crippen LogP contribution in [0, 0.1) is 11.8 Å². The maximum Gasteiger partial charge on any atom is 0.323 e. The molecule has 3 heterocycles. The van der Waals surface area contributed by atoms with Crippen molar-refractivity contribution in [3.63, 3.8) is 0 Å². The molecule has 0 spiro atoms. The third kappa shape index (κ3) is 1.72. The van der Waals surface area contributed by atoms with E-state index in [0.717, 1.165) is 19.4 Å². The molecule has 0 aromatic rings. The highest BCUT2D eigenvalue weighted by Crippen LogP contribution is 2.60. The Morgan fingerprint density at radius 1 is 1.52 bits per heavy atom. The number of rotatable bonds is 2. The number of ether oxygens (including phenoxy) is 2. The fourth-order valence-corrected chi connectivity index (χ4v) is 6.69.